The molecule has 2 fully saturated rings. The van der Waals surface area contributed by atoms with E-state index in [1.54, 1.807) is 12.3 Å². The zero-order valence-electron chi connectivity index (χ0n) is 20.9. The molecule has 38 heavy (non-hydrogen) atoms. The number of para-hydroxylation sites is 1. The summed E-state index contributed by atoms with van der Waals surface area (Å²) in [6.45, 7) is 2.36. The lowest BCUT2D eigenvalue weighted by molar-refractivity contribution is -0.122. The predicted molar refractivity (Wildman–Crippen MR) is 141 cm³/mol. The van der Waals surface area contributed by atoms with Crippen molar-refractivity contribution in [2.24, 2.45) is 11.7 Å². The van der Waals surface area contributed by atoms with Gasteiger partial charge in [-0.1, -0.05) is 17.7 Å². The van der Waals surface area contributed by atoms with Gasteiger partial charge in [0.25, 0.3) is 0 Å². The van der Waals surface area contributed by atoms with E-state index in [0.717, 1.165) is 12.8 Å². The number of piperidine rings is 1. The van der Waals surface area contributed by atoms with Crippen LogP contribution in [0.4, 0.5) is 26.8 Å². The van der Waals surface area contributed by atoms with E-state index in [1.165, 1.54) is 17.0 Å². The van der Waals surface area contributed by atoms with Gasteiger partial charge in [0, 0.05) is 24.5 Å². The van der Waals surface area contributed by atoms with Gasteiger partial charge in [-0.3, -0.25) is 9.36 Å². The van der Waals surface area contributed by atoms with Crippen LogP contribution in [-0.2, 0) is 4.79 Å². The zero-order chi connectivity index (χ0) is 27.0. The number of aromatic nitrogens is 4. The van der Waals surface area contributed by atoms with Crippen molar-refractivity contribution in [3.8, 4) is 0 Å². The minimum atomic E-state index is -0.951. The highest BCUT2D eigenvalue weighted by atomic mass is 35.5. The van der Waals surface area contributed by atoms with Crippen molar-refractivity contribution in [2.75, 3.05) is 17.2 Å². The van der Waals surface area contributed by atoms with Crippen LogP contribution in [0.1, 0.15) is 51.5 Å². The number of hydrogen-bond donors (Lipinski definition) is 4. The Morgan fingerprint density at radius 2 is 1.95 bits per heavy atom. The quantitative estimate of drug-likeness (QED) is 0.353. The molecule has 2 unspecified atom stereocenters. The second kappa shape index (κ2) is 10.6. The Morgan fingerprint density at radius 3 is 2.63 bits per heavy atom. The minimum Gasteiger partial charge on any atom is -0.465 e. The van der Waals surface area contributed by atoms with E-state index in [9.17, 15) is 19.1 Å². The fraction of sp³-hybridized carbons (Fsp3) is 0.480. The molecule has 2 atom stereocenters. The van der Waals surface area contributed by atoms with E-state index in [2.05, 4.69) is 20.6 Å². The van der Waals surface area contributed by atoms with Crippen LogP contribution in [0.5, 0.6) is 0 Å². The molecule has 2 aromatic heterocycles. The molecule has 202 valence electrons. The molecule has 1 saturated heterocycles. The van der Waals surface area contributed by atoms with Crippen LogP contribution in [0.15, 0.2) is 24.4 Å². The first-order chi connectivity index (χ1) is 18.2. The molecule has 1 aromatic carbocycles. The second-order valence-electron chi connectivity index (χ2n) is 9.95. The largest absolute Gasteiger partial charge is 0.465 e. The zero-order valence-corrected chi connectivity index (χ0v) is 21.7. The van der Waals surface area contributed by atoms with Crippen molar-refractivity contribution < 1.29 is 19.1 Å². The van der Waals surface area contributed by atoms with Crippen molar-refractivity contribution in [1.29, 1.82) is 0 Å². The highest BCUT2D eigenvalue weighted by molar-refractivity contribution is 6.33. The van der Waals surface area contributed by atoms with Gasteiger partial charge < -0.3 is 26.4 Å². The number of hydrogen-bond acceptors (Lipinski definition) is 7. The van der Waals surface area contributed by atoms with Crippen molar-refractivity contribution in [1.82, 2.24) is 24.4 Å². The number of nitrogens with zero attached hydrogens (tertiary/aromatic N) is 5. The van der Waals surface area contributed by atoms with Gasteiger partial charge >= 0.3 is 6.09 Å². The average Bonchev–Trinajstić information content (AvgIpc) is 3.24. The van der Waals surface area contributed by atoms with E-state index >= 15 is 0 Å². The Morgan fingerprint density at radius 1 is 1.18 bits per heavy atom. The fourth-order valence-electron chi connectivity index (χ4n) is 5.51. The molecule has 3 aromatic rings. The van der Waals surface area contributed by atoms with Crippen molar-refractivity contribution in [3.63, 3.8) is 0 Å². The van der Waals surface area contributed by atoms with E-state index < -0.39 is 11.9 Å². The predicted octanol–water partition coefficient (Wildman–Crippen LogP) is 4.52. The standard InChI is InChI=1S/C25H30ClFN8O3/c1-13-18(6-3-11-34(13)25(37)38)30-23-29-12-19-22(33-23)35(15-9-7-14(8-10-15)21(28)36)24(31-19)32-20-16(26)4-2-5-17(20)27/h2,4-5,12-15,18H,3,6-11H2,1H3,(H2,28,36)(H,31,32)(H,37,38)(H,29,30,33). The SMILES string of the molecule is CC1C(Nc2ncc3nc(Nc4c(F)cccc4Cl)n(C4CCC(C(N)=O)CC4)c3n2)CCCN1C(=O)O. The number of fused-ring (bicyclic) bond motifs is 1. The summed E-state index contributed by atoms with van der Waals surface area (Å²) >= 11 is 6.28. The molecule has 1 saturated carbocycles. The summed E-state index contributed by atoms with van der Waals surface area (Å²) in [6, 6.07) is 3.95. The molecule has 3 heterocycles. The smallest absolute Gasteiger partial charge is 0.407 e. The molecule has 1 aliphatic heterocycles. The molecular weight excluding hydrogens is 515 g/mol. The third kappa shape index (κ3) is 5.04. The molecule has 5 rings (SSSR count). The van der Waals surface area contributed by atoms with Gasteiger partial charge in [-0.05, 0) is 57.6 Å². The van der Waals surface area contributed by atoms with E-state index in [4.69, 9.17) is 22.3 Å². The molecule has 2 aliphatic rings. The Bertz CT molecular complexity index is 1340. The molecule has 2 amide bonds. The monoisotopic (exact) mass is 544 g/mol. The maximum atomic E-state index is 14.6. The summed E-state index contributed by atoms with van der Waals surface area (Å²) in [4.78, 5) is 38.6. The van der Waals surface area contributed by atoms with Gasteiger partial charge in [0.05, 0.1) is 22.9 Å². The Balaban J connectivity index is 1.50. The van der Waals surface area contributed by atoms with Gasteiger partial charge in [-0.2, -0.15) is 4.98 Å². The van der Waals surface area contributed by atoms with Crippen LogP contribution in [0.2, 0.25) is 5.02 Å². The number of anilines is 3. The van der Waals surface area contributed by atoms with Gasteiger partial charge in [0.15, 0.2) is 5.65 Å². The third-order valence-corrected chi connectivity index (χ3v) is 7.96. The molecule has 0 spiro atoms. The van der Waals surface area contributed by atoms with E-state index in [0.29, 0.717) is 55.3 Å². The Kier molecular flexibility index (Phi) is 7.24. The number of nitrogens with two attached hydrogens (primary N) is 1. The van der Waals surface area contributed by atoms with E-state index in [-0.39, 0.29) is 40.7 Å². The number of likely N-dealkylation sites (tertiary alicyclic amines) is 1. The van der Waals surface area contributed by atoms with Crippen LogP contribution < -0.4 is 16.4 Å². The number of nitrogens with one attached hydrogen (secondary N) is 2. The normalized spacial score (nSPS) is 23.8. The molecule has 5 N–H and O–H groups in total. The molecule has 0 bridgehead atoms. The number of imidazole rings is 1. The maximum absolute atomic E-state index is 14.6. The van der Waals surface area contributed by atoms with Gasteiger partial charge in [0.1, 0.15) is 11.3 Å². The van der Waals surface area contributed by atoms with Gasteiger partial charge in [0.2, 0.25) is 17.8 Å². The van der Waals surface area contributed by atoms with Gasteiger partial charge in [-0.25, -0.2) is 19.2 Å². The first-order valence-electron chi connectivity index (χ1n) is 12.7. The van der Waals surface area contributed by atoms with Crippen LogP contribution in [0.3, 0.4) is 0 Å². The molecule has 13 heteroatoms. The Labute approximate surface area is 223 Å². The van der Waals surface area contributed by atoms with Crippen molar-refractivity contribution in [2.45, 2.75) is 63.6 Å². The highest BCUT2D eigenvalue weighted by Crippen LogP contribution is 2.38. The summed E-state index contributed by atoms with van der Waals surface area (Å²) < 4.78 is 16.5. The maximum Gasteiger partial charge on any atom is 0.407 e. The number of rotatable bonds is 6. The van der Waals surface area contributed by atoms with Gasteiger partial charge in [-0.15, -0.1) is 0 Å². The number of halogens is 2. The lowest BCUT2D eigenvalue weighted by atomic mass is 9.85. The lowest BCUT2D eigenvalue weighted by Crippen LogP contribution is -2.51. The molecular formula is C25H30ClFN8O3. The summed E-state index contributed by atoms with van der Waals surface area (Å²) in [5.74, 6) is -0.291. The van der Waals surface area contributed by atoms with Crippen LogP contribution in [0, 0.1) is 11.7 Å². The Hall–Kier alpha value is -3.67. The lowest BCUT2D eigenvalue weighted by Gasteiger charge is -2.37. The van der Waals surface area contributed by atoms with Crippen molar-refractivity contribution >= 4 is 52.3 Å². The molecule has 1 aliphatic carbocycles. The minimum absolute atomic E-state index is 0.0671. The molecule has 0 radical (unpaired) electrons. The van der Waals surface area contributed by atoms with Crippen LogP contribution >= 0.6 is 11.6 Å². The third-order valence-electron chi connectivity index (χ3n) is 7.64. The summed E-state index contributed by atoms with van der Waals surface area (Å²) in [6.07, 6.45) is 4.73. The van der Waals surface area contributed by atoms with Crippen molar-refractivity contribution in [3.05, 3.63) is 35.2 Å². The number of primary amides is 1. The summed E-state index contributed by atoms with van der Waals surface area (Å²) in [5, 5.41) is 16.1. The summed E-state index contributed by atoms with van der Waals surface area (Å²) in [7, 11) is 0. The fourth-order valence-corrected chi connectivity index (χ4v) is 5.72. The second-order valence-corrected chi connectivity index (χ2v) is 10.4. The number of benzene rings is 1. The first kappa shape index (κ1) is 26.0. The number of amides is 2. The average molecular weight is 545 g/mol. The molecule has 11 nitrogen and oxygen atoms in total. The summed E-state index contributed by atoms with van der Waals surface area (Å²) in [5.41, 5.74) is 6.69. The highest BCUT2D eigenvalue weighted by Gasteiger charge is 2.32. The number of carbonyl (C=O) groups excluding carboxylic acids is 1. The van der Waals surface area contributed by atoms with Crippen LogP contribution in [-0.4, -0.2) is 60.2 Å². The number of carboxylic acid groups (broad SMARTS) is 1. The topological polar surface area (TPSA) is 151 Å². The number of carbonyl (C=O) groups is 2. The van der Waals surface area contributed by atoms with E-state index in [1.807, 2.05) is 11.5 Å². The first-order valence-corrected chi connectivity index (χ1v) is 13.1. The van der Waals surface area contributed by atoms with Crippen LogP contribution in [0.25, 0.3) is 11.2 Å².